The minimum atomic E-state index is -1.34. The SMILES string of the molecule is COc1ccc(C(=O)O)c(C#N)c1F. The van der Waals surface area contributed by atoms with E-state index < -0.39 is 17.3 Å². The molecular formula is C9H6FNO3. The van der Waals surface area contributed by atoms with Crippen LogP contribution < -0.4 is 4.74 Å². The van der Waals surface area contributed by atoms with Crippen LogP contribution in [0.5, 0.6) is 5.75 Å². The number of rotatable bonds is 2. The van der Waals surface area contributed by atoms with Crippen LogP contribution in [0.3, 0.4) is 0 Å². The highest BCUT2D eigenvalue weighted by molar-refractivity contribution is 5.90. The first-order valence-corrected chi connectivity index (χ1v) is 3.61. The largest absolute Gasteiger partial charge is 0.494 e. The highest BCUT2D eigenvalue weighted by Crippen LogP contribution is 2.22. The third kappa shape index (κ3) is 1.50. The first-order valence-electron chi connectivity index (χ1n) is 3.61. The molecule has 0 atom stereocenters. The Morgan fingerprint density at radius 1 is 1.64 bits per heavy atom. The average molecular weight is 195 g/mol. The summed E-state index contributed by atoms with van der Waals surface area (Å²) in [6.07, 6.45) is 0. The van der Waals surface area contributed by atoms with Crippen LogP contribution in [-0.2, 0) is 0 Å². The zero-order chi connectivity index (χ0) is 10.7. The zero-order valence-electron chi connectivity index (χ0n) is 7.24. The Kier molecular flexibility index (Phi) is 2.67. The number of benzene rings is 1. The maximum Gasteiger partial charge on any atom is 0.337 e. The summed E-state index contributed by atoms with van der Waals surface area (Å²) >= 11 is 0. The number of methoxy groups -OCH3 is 1. The molecule has 0 aromatic heterocycles. The summed E-state index contributed by atoms with van der Waals surface area (Å²) in [5, 5.41) is 17.2. The Labute approximate surface area is 79.2 Å². The standard InChI is InChI=1S/C9H6FNO3/c1-14-7-3-2-5(9(12)13)6(4-11)8(7)10/h2-3H,1H3,(H,12,13). The number of nitriles is 1. The lowest BCUT2D eigenvalue weighted by molar-refractivity contribution is 0.0696. The van der Waals surface area contributed by atoms with Gasteiger partial charge in [0.15, 0.2) is 11.6 Å². The first kappa shape index (κ1) is 9.99. The molecule has 0 amide bonds. The molecule has 0 fully saturated rings. The smallest absolute Gasteiger partial charge is 0.337 e. The van der Waals surface area contributed by atoms with Gasteiger partial charge in [-0.05, 0) is 12.1 Å². The normalized spacial score (nSPS) is 9.21. The second kappa shape index (κ2) is 3.75. The van der Waals surface area contributed by atoms with E-state index in [9.17, 15) is 9.18 Å². The van der Waals surface area contributed by atoms with Gasteiger partial charge in [-0.2, -0.15) is 5.26 Å². The number of carboxylic acids is 1. The molecule has 0 saturated heterocycles. The van der Waals surface area contributed by atoms with Gasteiger partial charge in [0, 0.05) is 0 Å². The number of hydrogen-bond acceptors (Lipinski definition) is 3. The van der Waals surface area contributed by atoms with Crippen LogP contribution in [0.4, 0.5) is 4.39 Å². The van der Waals surface area contributed by atoms with Gasteiger partial charge in [-0.1, -0.05) is 0 Å². The van der Waals surface area contributed by atoms with Gasteiger partial charge in [-0.15, -0.1) is 0 Å². The Hall–Kier alpha value is -2.09. The van der Waals surface area contributed by atoms with Gasteiger partial charge in [0.25, 0.3) is 0 Å². The van der Waals surface area contributed by atoms with E-state index in [2.05, 4.69) is 4.74 Å². The number of carbonyl (C=O) groups is 1. The van der Waals surface area contributed by atoms with Crippen molar-refractivity contribution < 1.29 is 19.0 Å². The second-order valence-corrected chi connectivity index (χ2v) is 2.42. The van der Waals surface area contributed by atoms with Crippen molar-refractivity contribution in [1.29, 1.82) is 5.26 Å². The molecule has 0 spiro atoms. The van der Waals surface area contributed by atoms with Crippen molar-refractivity contribution in [3.8, 4) is 11.8 Å². The van der Waals surface area contributed by atoms with Crippen LogP contribution in [0.2, 0.25) is 0 Å². The highest BCUT2D eigenvalue weighted by Gasteiger charge is 2.17. The fraction of sp³-hybridized carbons (Fsp3) is 0.111. The van der Waals surface area contributed by atoms with Crippen molar-refractivity contribution >= 4 is 5.97 Å². The molecule has 1 N–H and O–H groups in total. The molecule has 0 aliphatic rings. The minimum absolute atomic E-state index is 0.147. The average Bonchev–Trinajstić information content (AvgIpc) is 2.17. The fourth-order valence-electron chi connectivity index (χ4n) is 1.00. The number of aromatic carboxylic acids is 1. The molecule has 72 valence electrons. The van der Waals surface area contributed by atoms with E-state index in [1.54, 1.807) is 0 Å². The number of nitrogens with zero attached hydrogens (tertiary/aromatic N) is 1. The Balaban J connectivity index is 3.45. The van der Waals surface area contributed by atoms with Gasteiger partial charge < -0.3 is 9.84 Å². The summed E-state index contributed by atoms with van der Waals surface area (Å²) in [5.41, 5.74) is -0.886. The molecule has 1 aromatic carbocycles. The molecule has 4 nitrogen and oxygen atoms in total. The summed E-state index contributed by atoms with van der Waals surface area (Å²) < 4.78 is 17.9. The van der Waals surface area contributed by atoms with Gasteiger partial charge in [0.2, 0.25) is 0 Å². The second-order valence-electron chi connectivity index (χ2n) is 2.42. The molecule has 0 aliphatic heterocycles. The van der Waals surface area contributed by atoms with Gasteiger partial charge in [0.05, 0.1) is 12.7 Å². The quantitative estimate of drug-likeness (QED) is 0.774. The van der Waals surface area contributed by atoms with Crippen molar-refractivity contribution in [3.63, 3.8) is 0 Å². The molecule has 1 aromatic rings. The number of hydrogen-bond donors (Lipinski definition) is 1. The molecule has 0 heterocycles. The van der Waals surface area contributed by atoms with E-state index in [1.165, 1.54) is 19.2 Å². The number of carboxylic acid groups (broad SMARTS) is 1. The van der Waals surface area contributed by atoms with E-state index >= 15 is 0 Å². The van der Waals surface area contributed by atoms with Gasteiger partial charge in [-0.25, -0.2) is 9.18 Å². The summed E-state index contributed by atoms with van der Waals surface area (Å²) in [4.78, 5) is 10.6. The van der Waals surface area contributed by atoms with Crippen molar-refractivity contribution in [3.05, 3.63) is 29.1 Å². The van der Waals surface area contributed by atoms with Crippen LogP contribution in [0.25, 0.3) is 0 Å². The van der Waals surface area contributed by atoms with Crippen LogP contribution in [0.1, 0.15) is 15.9 Å². The van der Waals surface area contributed by atoms with Crippen molar-refractivity contribution in [1.82, 2.24) is 0 Å². The molecule has 0 aliphatic carbocycles. The van der Waals surface area contributed by atoms with Gasteiger partial charge in [0.1, 0.15) is 11.6 Å². The molecule has 0 radical (unpaired) electrons. The number of halogens is 1. The fourth-order valence-corrected chi connectivity index (χ4v) is 1.00. The molecule has 0 saturated carbocycles. The predicted octanol–water partition coefficient (Wildman–Crippen LogP) is 1.40. The third-order valence-electron chi connectivity index (χ3n) is 1.67. The number of ether oxygens (including phenoxy) is 1. The molecule has 14 heavy (non-hydrogen) atoms. The van der Waals surface area contributed by atoms with E-state index in [1.807, 2.05) is 0 Å². The zero-order valence-corrected chi connectivity index (χ0v) is 7.24. The molecule has 0 bridgehead atoms. The predicted molar refractivity (Wildman–Crippen MR) is 44.6 cm³/mol. The van der Waals surface area contributed by atoms with Crippen molar-refractivity contribution in [2.24, 2.45) is 0 Å². The molecule has 1 rings (SSSR count). The Bertz CT molecular complexity index is 423. The monoisotopic (exact) mass is 195 g/mol. The van der Waals surface area contributed by atoms with E-state index in [4.69, 9.17) is 10.4 Å². The van der Waals surface area contributed by atoms with Crippen molar-refractivity contribution in [2.75, 3.05) is 7.11 Å². The molecular weight excluding hydrogens is 189 g/mol. The van der Waals surface area contributed by atoms with E-state index in [-0.39, 0.29) is 11.3 Å². The maximum atomic E-state index is 13.3. The highest BCUT2D eigenvalue weighted by atomic mass is 19.1. The summed E-state index contributed by atoms with van der Waals surface area (Å²) in [6, 6.07) is 3.78. The summed E-state index contributed by atoms with van der Waals surface area (Å²) in [7, 11) is 1.24. The minimum Gasteiger partial charge on any atom is -0.494 e. The lowest BCUT2D eigenvalue weighted by atomic mass is 10.1. The summed E-state index contributed by atoms with van der Waals surface area (Å²) in [5.74, 6) is -2.44. The molecule has 0 unspecified atom stereocenters. The van der Waals surface area contributed by atoms with E-state index in [0.29, 0.717) is 0 Å². The van der Waals surface area contributed by atoms with Gasteiger partial charge >= 0.3 is 5.97 Å². The lowest BCUT2D eigenvalue weighted by Crippen LogP contribution is -2.03. The maximum absolute atomic E-state index is 13.3. The third-order valence-corrected chi connectivity index (χ3v) is 1.67. The van der Waals surface area contributed by atoms with E-state index in [0.717, 1.165) is 6.07 Å². The summed E-state index contributed by atoms with van der Waals surface area (Å²) in [6.45, 7) is 0. The molecule has 5 heteroatoms. The van der Waals surface area contributed by atoms with Crippen LogP contribution in [0.15, 0.2) is 12.1 Å². The van der Waals surface area contributed by atoms with Crippen LogP contribution in [-0.4, -0.2) is 18.2 Å². The Morgan fingerprint density at radius 3 is 2.71 bits per heavy atom. The Morgan fingerprint density at radius 2 is 2.29 bits per heavy atom. The van der Waals surface area contributed by atoms with Gasteiger partial charge in [-0.3, -0.25) is 0 Å². The topological polar surface area (TPSA) is 70.3 Å². The van der Waals surface area contributed by atoms with Crippen LogP contribution >= 0.6 is 0 Å². The lowest BCUT2D eigenvalue weighted by Gasteiger charge is -2.04. The van der Waals surface area contributed by atoms with Crippen LogP contribution in [0, 0.1) is 17.1 Å². The first-order chi connectivity index (χ1) is 6.61. The van der Waals surface area contributed by atoms with Crippen molar-refractivity contribution in [2.45, 2.75) is 0 Å².